The van der Waals surface area contributed by atoms with E-state index in [-0.39, 0.29) is 5.69 Å². The molecule has 0 unspecified atom stereocenters. The number of benzene rings is 2. The van der Waals surface area contributed by atoms with Crippen LogP contribution >= 0.6 is 15.9 Å². The fourth-order valence-corrected chi connectivity index (χ4v) is 1.64. The Morgan fingerprint density at radius 1 is 1.12 bits per heavy atom. The number of hydrogen-bond donors (Lipinski definition) is 1. The lowest BCUT2D eigenvalue weighted by molar-refractivity contribution is 0.306. The molecule has 0 saturated heterocycles. The molecule has 0 aliphatic carbocycles. The fourth-order valence-electron chi connectivity index (χ4n) is 1.38. The number of rotatable bonds is 3. The SMILES string of the molecule is Nc1cc(COc2ccc(Br)cc2)ccc1F. The molecule has 0 bridgehead atoms. The Labute approximate surface area is 107 Å². The predicted molar refractivity (Wildman–Crippen MR) is 69.3 cm³/mol. The lowest BCUT2D eigenvalue weighted by Crippen LogP contribution is -1.98. The van der Waals surface area contributed by atoms with E-state index in [2.05, 4.69) is 15.9 Å². The van der Waals surface area contributed by atoms with Crippen LogP contribution in [0.2, 0.25) is 0 Å². The fraction of sp³-hybridized carbons (Fsp3) is 0.0769. The average Bonchev–Trinajstić information content (AvgIpc) is 2.33. The van der Waals surface area contributed by atoms with Gasteiger partial charge in [-0.2, -0.15) is 0 Å². The number of nitrogens with two attached hydrogens (primary N) is 1. The molecular formula is C13H11BrFNO. The smallest absolute Gasteiger partial charge is 0.146 e. The molecule has 0 heterocycles. The zero-order chi connectivity index (χ0) is 12.3. The first-order chi connectivity index (χ1) is 8.15. The highest BCUT2D eigenvalue weighted by Gasteiger charge is 2.00. The van der Waals surface area contributed by atoms with Crippen molar-refractivity contribution in [2.75, 3.05) is 5.73 Å². The van der Waals surface area contributed by atoms with Gasteiger partial charge in [-0.1, -0.05) is 22.0 Å². The molecule has 0 aliphatic heterocycles. The Hall–Kier alpha value is -1.55. The Balaban J connectivity index is 2.02. The Bertz CT molecular complexity index is 513. The van der Waals surface area contributed by atoms with Gasteiger partial charge in [-0.3, -0.25) is 0 Å². The summed E-state index contributed by atoms with van der Waals surface area (Å²) < 4.78 is 19.5. The van der Waals surface area contributed by atoms with E-state index in [1.165, 1.54) is 6.07 Å². The summed E-state index contributed by atoms with van der Waals surface area (Å²) in [5, 5.41) is 0. The normalized spacial score (nSPS) is 10.2. The first-order valence-corrected chi connectivity index (χ1v) is 5.87. The third kappa shape index (κ3) is 3.20. The molecule has 2 aromatic carbocycles. The minimum atomic E-state index is -0.405. The van der Waals surface area contributed by atoms with Gasteiger partial charge in [0.05, 0.1) is 5.69 Å². The molecule has 2 aromatic rings. The molecule has 4 heteroatoms. The topological polar surface area (TPSA) is 35.2 Å². The predicted octanol–water partition coefficient (Wildman–Crippen LogP) is 3.75. The molecule has 2 rings (SSSR count). The Kier molecular flexibility index (Phi) is 3.64. The summed E-state index contributed by atoms with van der Waals surface area (Å²) in [5.74, 6) is 0.355. The third-order valence-corrected chi connectivity index (χ3v) is 2.81. The zero-order valence-corrected chi connectivity index (χ0v) is 10.6. The van der Waals surface area contributed by atoms with E-state index < -0.39 is 5.82 Å². The molecule has 0 aromatic heterocycles. The second kappa shape index (κ2) is 5.19. The highest BCUT2D eigenvalue weighted by atomic mass is 79.9. The maximum absolute atomic E-state index is 12.9. The number of ether oxygens (including phenoxy) is 1. The van der Waals surface area contributed by atoms with Gasteiger partial charge < -0.3 is 10.5 Å². The molecule has 88 valence electrons. The molecule has 0 fully saturated rings. The zero-order valence-electron chi connectivity index (χ0n) is 8.99. The van der Waals surface area contributed by atoms with Crippen molar-refractivity contribution in [2.45, 2.75) is 6.61 Å². The lowest BCUT2D eigenvalue weighted by atomic mass is 10.2. The minimum Gasteiger partial charge on any atom is -0.489 e. The minimum absolute atomic E-state index is 0.141. The van der Waals surface area contributed by atoms with Crippen molar-refractivity contribution < 1.29 is 9.13 Å². The summed E-state index contributed by atoms with van der Waals surface area (Å²) in [4.78, 5) is 0. The van der Waals surface area contributed by atoms with Crippen molar-refractivity contribution in [1.29, 1.82) is 0 Å². The van der Waals surface area contributed by atoms with E-state index in [1.54, 1.807) is 12.1 Å². The molecule has 0 atom stereocenters. The van der Waals surface area contributed by atoms with Gasteiger partial charge in [-0.15, -0.1) is 0 Å². The third-order valence-electron chi connectivity index (χ3n) is 2.28. The number of hydrogen-bond acceptors (Lipinski definition) is 2. The van der Waals surface area contributed by atoms with Gasteiger partial charge in [0.25, 0.3) is 0 Å². The van der Waals surface area contributed by atoms with Crippen LogP contribution in [0.25, 0.3) is 0 Å². The maximum Gasteiger partial charge on any atom is 0.146 e. The van der Waals surface area contributed by atoms with Crippen molar-refractivity contribution in [2.24, 2.45) is 0 Å². The van der Waals surface area contributed by atoms with Crippen molar-refractivity contribution in [3.63, 3.8) is 0 Å². The summed E-state index contributed by atoms with van der Waals surface area (Å²) in [6, 6.07) is 12.1. The van der Waals surface area contributed by atoms with Crippen molar-refractivity contribution in [3.8, 4) is 5.75 Å². The monoisotopic (exact) mass is 295 g/mol. The standard InChI is InChI=1S/C13H11BrFNO/c14-10-2-4-11(5-3-10)17-8-9-1-6-12(15)13(16)7-9/h1-7H,8,16H2. The molecule has 0 aliphatic rings. The molecule has 2 N–H and O–H groups in total. The van der Waals surface area contributed by atoms with Crippen molar-refractivity contribution in [1.82, 2.24) is 0 Å². The highest BCUT2D eigenvalue weighted by Crippen LogP contribution is 2.18. The van der Waals surface area contributed by atoms with Crippen LogP contribution in [0.1, 0.15) is 5.56 Å². The molecule has 2 nitrogen and oxygen atoms in total. The summed E-state index contributed by atoms with van der Waals surface area (Å²) in [6.07, 6.45) is 0. The highest BCUT2D eigenvalue weighted by molar-refractivity contribution is 9.10. The summed E-state index contributed by atoms with van der Waals surface area (Å²) >= 11 is 3.35. The van der Waals surface area contributed by atoms with E-state index in [1.807, 2.05) is 24.3 Å². The van der Waals surface area contributed by atoms with Gasteiger partial charge in [0, 0.05) is 4.47 Å². The summed E-state index contributed by atoms with van der Waals surface area (Å²) in [5.41, 5.74) is 6.45. The average molecular weight is 296 g/mol. The van der Waals surface area contributed by atoms with Crippen LogP contribution in [-0.4, -0.2) is 0 Å². The molecule has 17 heavy (non-hydrogen) atoms. The first kappa shape index (κ1) is 11.9. The van der Waals surface area contributed by atoms with Gasteiger partial charge in [0.2, 0.25) is 0 Å². The number of halogens is 2. The van der Waals surface area contributed by atoms with Crippen LogP contribution < -0.4 is 10.5 Å². The lowest BCUT2D eigenvalue weighted by Gasteiger charge is -2.07. The second-order valence-electron chi connectivity index (χ2n) is 3.60. The van der Waals surface area contributed by atoms with E-state index in [0.717, 1.165) is 15.8 Å². The molecule has 0 saturated carbocycles. The summed E-state index contributed by atoms with van der Waals surface area (Å²) in [7, 11) is 0. The first-order valence-electron chi connectivity index (χ1n) is 5.07. The van der Waals surface area contributed by atoms with Crippen LogP contribution in [0.4, 0.5) is 10.1 Å². The second-order valence-corrected chi connectivity index (χ2v) is 4.51. The molecular weight excluding hydrogens is 285 g/mol. The van der Waals surface area contributed by atoms with Gasteiger partial charge >= 0.3 is 0 Å². The Morgan fingerprint density at radius 3 is 2.47 bits per heavy atom. The van der Waals surface area contributed by atoms with Gasteiger partial charge in [-0.05, 0) is 42.0 Å². The van der Waals surface area contributed by atoms with Crippen LogP contribution in [0, 0.1) is 5.82 Å². The quantitative estimate of drug-likeness (QED) is 0.875. The van der Waals surface area contributed by atoms with Gasteiger partial charge in [-0.25, -0.2) is 4.39 Å². The van der Waals surface area contributed by atoms with Gasteiger partial charge in [0.1, 0.15) is 18.2 Å². The van der Waals surface area contributed by atoms with E-state index in [4.69, 9.17) is 10.5 Å². The number of anilines is 1. The van der Waals surface area contributed by atoms with E-state index in [9.17, 15) is 4.39 Å². The van der Waals surface area contributed by atoms with Crippen molar-refractivity contribution >= 4 is 21.6 Å². The van der Waals surface area contributed by atoms with E-state index >= 15 is 0 Å². The van der Waals surface area contributed by atoms with Crippen LogP contribution in [0.15, 0.2) is 46.9 Å². The maximum atomic E-state index is 12.9. The van der Waals surface area contributed by atoms with E-state index in [0.29, 0.717) is 6.61 Å². The molecule has 0 spiro atoms. The number of nitrogen functional groups attached to an aromatic ring is 1. The van der Waals surface area contributed by atoms with Gasteiger partial charge in [0.15, 0.2) is 0 Å². The largest absolute Gasteiger partial charge is 0.489 e. The van der Waals surface area contributed by atoms with Crippen LogP contribution in [0.5, 0.6) is 5.75 Å². The summed E-state index contributed by atoms with van der Waals surface area (Å²) in [6.45, 7) is 0.367. The Morgan fingerprint density at radius 2 is 1.82 bits per heavy atom. The van der Waals surface area contributed by atoms with Crippen LogP contribution in [0.3, 0.4) is 0 Å². The van der Waals surface area contributed by atoms with Crippen molar-refractivity contribution in [3.05, 3.63) is 58.3 Å². The molecule has 0 radical (unpaired) electrons. The molecule has 0 amide bonds. The van der Waals surface area contributed by atoms with Crippen LogP contribution in [-0.2, 0) is 6.61 Å².